The third-order valence-electron chi connectivity index (χ3n) is 6.04. The molecule has 0 aliphatic carbocycles. The highest BCUT2D eigenvalue weighted by Gasteiger charge is 2.30. The average molecular weight is 553 g/mol. The van der Waals surface area contributed by atoms with Crippen LogP contribution in [0.3, 0.4) is 0 Å². The first kappa shape index (κ1) is 28.3. The van der Waals surface area contributed by atoms with Crippen molar-refractivity contribution in [3.8, 4) is 5.75 Å². The summed E-state index contributed by atoms with van der Waals surface area (Å²) in [5.41, 5.74) is 6.18. The van der Waals surface area contributed by atoms with E-state index in [1.165, 1.54) is 6.33 Å². The zero-order valence-corrected chi connectivity index (χ0v) is 21.7. The minimum Gasteiger partial charge on any atom is -0.408 e. The number of carbonyl (C=O) groups is 2. The lowest BCUT2D eigenvalue weighted by Crippen LogP contribution is -2.21. The van der Waals surface area contributed by atoms with Crippen LogP contribution in [0, 0.1) is 0 Å². The molecule has 3 aromatic carbocycles. The number of hydrogen-bond donors (Lipinski definition) is 3. The van der Waals surface area contributed by atoms with Gasteiger partial charge in [0.1, 0.15) is 17.7 Å². The monoisotopic (exact) mass is 552 g/mol. The average Bonchev–Trinajstić information content (AvgIpc) is 2.90. The second kappa shape index (κ2) is 12.0. The van der Waals surface area contributed by atoms with Crippen molar-refractivity contribution in [1.29, 1.82) is 0 Å². The van der Waals surface area contributed by atoms with Crippen LogP contribution in [0.5, 0.6) is 5.75 Å². The molecule has 4 rings (SSSR count). The molecule has 12 heteroatoms. The molecule has 1 aromatic heterocycles. The number of primary amides is 1. The maximum atomic E-state index is 12.9. The molecule has 0 aliphatic rings. The number of benzene rings is 3. The number of hydrogen-bond acceptors (Lipinski definition) is 7. The third kappa shape index (κ3) is 7.03. The number of anilines is 2. The summed E-state index contributed by atoms with van der Waals surface area (Å²) in [7, 11) is 3.90. The number of alkyl halides is 3. The van der Waals surface area contributed by atoms with Crippen LogP contribution in [0.4, 0.5) is 29.5 Å². The molecule has 1 unspecified atom stereocenters. The largest absolute Gasteiger partial charge is 0.416 e. The van der Waals surface area contributed by atoms with Crippen molar-refractivity contribution >= 4 is 34.4 Å². The second-order valence-corrected chi connectivity index (χ2v) is 9.24. The summed E-state index contributed by atoms with van der Waals surface area (Å²) < 4.78 is 43.7. The maximum absolute atomic E-state index is 12.9. The molecule has 1 atom stereocenters. The lowest BCUT2D eigenvalue weighted by molar-refractivity contribution is -0.137. The standard InChI is InChI=1S/C28H27F3N6O3/c1-37(2)14-13-22(36-25-21-7-4-8-23(40-27(32)39)24(21)33-16-34-25)18-5-3-6-20(15-18)35-26(38)17-9-11-19(12-10-17)28(29,30)31/h3-12,15-16,22H,13-14H2,1-2H3,(H2,32,39)(H,35,38)(H,33,34,36). The molecular formula is C28H27F3N6O3. The summed E-state index contributed by atoms with van der Waals surface area (Å²) in [6.45, 7) is 0.721. The van der Waals surface area contributed by atoms with Gasteiger partial charge in [-0.2, -0.15) is 13.2 Å². The van der Waals surface area contributed by atoms with Gasteiger partial charge in [0, 0.05) is 16.6 Å². The van der Waals surface area contributed by atoms with Crippen LogP contribution in [0.2, 0.25) is 0 Å². The van der Waals surface area contributed by atoms with Gasteiger partial charge in [0.05, 0.1) is 11.6 Å². The van der Waals surface area contributed by atoms with Crippen molar-refractivity contribution in [2.75, 3.05) is 31.3 Å². The number of rotatable bonds is 9. The fraction of sp³-hybridized carbons (Fsp3) is 0.214. The minimum absolute atomic E-state index is 0.0992. The first-order chi connectivity index (χ1) is 19.0. The molecule has 2 amide bonds. The van der Waals surface area contributed by atoms with Crippen molar-refractivity contribution < 1.29 is 27.5 Å². The van der Waals surface area contributed by atoms with Crippen LogP contribution >= 0.6 is 0 Å². The number of ether oxygens (including phenoxy) is 1. The first-order valence-corrected chi connectivity index (χ1v) is 12.2. The third-order valence-corrected chi connectivity index (χ3v) is 6.04. The zero-order valence-electron chi connectivity index (χ0n) is 21.7. The number of amides is 2. The van der Waals surface area contributed by atoms with Gasteiger partial charge in [0.15, 0.2) is 5.75 Å². The Kier molecular flexibility index (Phi) is 8.49. The highest BCUT2D eigenvalue weighted by atomic mass is 19.4. The fourth-order valence-electron chi connectivity index (χ4n) is 4.09. The van der Waals surface area contributed by atoms with Crippen molar-refractivity contribution in [3.05, 3.63) is 89.7 Å². The molecule has 0 radical (unpaired) electrons. The van der Waals surface area contributed by atoms with Crippen molar-refractivity contribution in [1.82, 2.24) is 14.9 Å². The highest BCUT2D eigenvalue weighted by Crippen LogP contribution is 2.32. The number of nitrogens with two attached hydrogens (primary N) is 1. The molecule has 0 bridgehead atoms. The first-order valence-electron chi connectivity index (χ1n) is 12.2. The minimum atomic E-state index is -4.48. The molecular weight excluding hydrogens is 525 g/mol. The van der Waals surface area contributed by atoms with E-state index in [0.717, 1.165) is 36.4 Å². The van der Waals surface area contributed by atoms with Gasteiger partial charge in [-0.05, 0) is 81.2 Å². The SMILES string of the molecule is CN(C)CCC(Nc1ncnc2c(OC(N)=O)cccc12)c1cccc(NC(=O)c2ccc(C(F)(F)F)cc2)c1. The predicted octanol–water partition coefficient (Wildman–Crippen LogP) is 5.46. The van der Waals surface area contributed by atoms with Gasteiger partial charge in [-0.15, -0.1) is 0 Å². The lowest BCUT2D eigenvalue weighted by atomic mass is 10.0. The van der Waals surface area contributed by atoms with E-state index in [-0.39, 0.29) is 17.4 Å². The molecule has 0 fully saturated rings. The van der Waals surface area contributed by atoms with E-state index in [9.17, 15) is 22.8 Å². The highest BCUT2D eigenvalue weighted by molar-refractivity contribution is 6.04. The smallest absolute Gasteiger partial charge is 0.408 e. The lowest BCUT2D eigenvalue weighted by Gasteiger charge is -2.23. The van der Waals surface area contributed by atoms with E-state index in [0.29, 0.717) is 28.8 Å². The second-order valence-electron chi connectivity index (χ2n) is 9.24. The van der Waals surface area contributed by atoms with Crippen molar-refractivity contribution in [2.24, 2.45) is 5.73 Å². The Hall–Kier alpha value is -4.71. The topological polar surface area (TPSA) is 122 Å². The Bertz CT molecular complexity index is 1510. The van der Waals surface area contributed by atoms with Crippen LogP contribution < -0.4 is 21.1 Å². The summed E-state index contributed by atoms with van der Waals surface area (Å²) in [6.07, 6.45) is -3.43. The predicted molar refractivity (Wildman–Crippen MR) is 145 cm³/mol. The summed E-state index contributed by atoms with van der Waals surface area (Å²) in [5.74, 6) is 0.170. The van der Waals surface area contributed by atoms with E-state index in [2.05, 4.69) is 20.6 Å². The van der Waals surface area contributed by atoms with Crippen LogP contribution in [0.15, 0.2) is 73.1 Å². The summed E-state index contributed by atoms with van der Waals surface area (Å²) in [6, 6.07) is 16.0. The van der Waals surface area contributed by atoms with Crippen molar-refractivity contribution in [3.63, 3.8) is 0 Å². The molecule has 0 spiro atoms. The number of fused-ring (bicyclic) bond motifs is 1. The quantitative estimate of drug-likeness (QED) is 0.252. The molecule has 40 heavy (non-hydrogen) atoms. The van der Waals surface area contributed by atoms with E-state index in [1.807, 2.05) is 25.1 Å². The van der Waals surface area contributed by atoms with Gasteiger partial charge in [-0.25, -0.2) is 14.8 Å². The van der Waals surface area contributed by atoms with E-state index < -0.39 is 23.7 Å². The van der Waals surface area contributed by atoms with Gasteiger partial charge in [0.2, 0.25) is 0 Å². The Morgan fingerprint density at radius 3 is 2.42 bits per heavy atom. The number of halogens is 3. The number of para-hydroxylation sites is 1. The molecule has 0 saturated heterocycles. The molecule has 0 aliphatic heterocycles. The van der Waals surface area contributed by atoms with E-state index in [4.69, 9.17) is 10.5 Å². The summed E-state index contributed by atoms with van der Waals surface area (Å²) in [5, 5.41) is 6.80. The van der Waals surface area contributed by atoms with Crippen LogP contribution in [-0.4, -0.2) is 47.5 Å². The fourth-order valence-corrected chi connectivity index (χ4v) is 4.09. The van der Waals surface area contributed by atoms with Crippen LogP contribution in [-0.2, 0) is 6.18 Å². The Labute approximate surface area is 228 Å². The van der Waals surface area contributed by atoms with Gasteiger partial charge in [-0.1, -0.05) is 18.2 Å². The van der Waals surface area contributed by atoms with Crippen LogP contribution in [0.25, 0.3) is 10.9 Å². The number of nitrogens with zero attached hydrogens (tertiary/aromatic N) is 3. The molecule has 0 saturated carbocycles. The molecule has 9 nitrogen and oxygen atoms in total. The Morgan fingerprint density at radius 1 is 1.02 bits per heavy atom. The normalized spacial score (nSPS) is 12.2. The molecule has 4 N–H and O–H groups in total. The van der Waals surface area contributed by atoms with Gasteiger partial charge in [-0.3, -0.25) is 4.79 Å². The van der Waals surface area contributed by atoms with E-state index in [1.54, 1.807) is 36.4 Å². The Morgan fingerprint density at radius 2 is 1.75 bits per heavy atom. The van der Waals surface area contributed by atoms with E-state index >= 15 is 0 Å². The number of nitrogens with one attached hydrogen (secondary N) is 2. The van der Waals surface area contributed by atoms with Gasteiger partial charge < -0.3 is 26.0 Å². The Balaban J connectivity index is 1.60. The summed E-state index contributed by atoms with van der Waals surface area (Å²) in [4.78, 5) is 34.7. The van der Waals surface area contributed by atoms with Gasteiger partial charge >= 0.3 is 12.3 Å². The van der Waals surface area contributed by atoms with Gasteiger partial charge in [0.25, 0.3) is 5.91 Å². The molecule has 1 heterocycles. The molecule has 4 aromatic rings. The maximum Gasteiger partial charge on any atom is 0.416 e. The summed E-state index contributed by atoms with van der Waals surface area (Å²) >= 11 is 0. The number of carbonyl (C=O) groups excluding carboxylic acids is 2. The zero-order chi connectivity index (χ0) is 28.9. The number of aromatic nitrogens is 2. The van der Waals surface area contributed by atoms with Crippen molar-refractivity contribution in [2.45, 2.75) is 18.6 Å². The molecule has 208 valence electrons. The van der Waals surface area contributed by atoms with Crippen LogP contribution in [0.1, 0.15) is 33.9 Å².